The molecule has 0 saturated carbocycles. The van der Waals surface area contributed by atoms with E-state index in [0.29, 0.717) is 5.00 Å². The number of aryl methyl sites for hydroxylation is 1. The van der Waals surface area contributed by atoms with E-state index in [0.717, 1.165) is 29.7 Å². The summed E-state index contributed by atoms with van der Waals surface area (Å²) in [5, 5.41) is 12.4. The molecule has 1 amide bonds. The molecule has 1 aliphatic rings. The Bertz CT molecular complexity index is 533. The van der Waals surface area contributed by atoms with E-state index in [1.807, 2.05) is 0 Å². The highest BCUT2D eigenvalue weighted by Gasteiger charge is 2.31. The van der Waals surface area contributed by atoms with Crippen molar-refractivity contribution in [2.24, 2.45) is 0 Å². The number of carboxylic acids is 1. The van der Waals surface area contributed by atoms with Crippen molar-refractivity contribution in [3.63, 3.8) is 0 Å². The normalized spacial score (nSPS) is 14.3. The number of ether oxygens (including phenoxy) is 1. The smallest absolute Gasteiger partial charge is 0.339 e. The van der Waals surface area contributed by atoms with Gasteiger partial charge in [0.2, 0.25) is 0 Å². The standard InChI is InChI=1S/C13H17NO4S/c1-13(2,18-3)12(17)14-10-9(11(15)16)7-5-4-6-8(7)19-10/h4-6H2,1-3H3,(H,14,17)(H,15,16). The Kier molecular flexibility index (Phi) is 3.64. The topological polar surface area (TPSA) is 75.6 Å². The van der Waals surface area contributed by atoms with Crippen LogP contribution in [0, 0.1) is 0 Å². The van der Waals surface area contributed by atoms with Gasteiger partial charge in [-0.3, -0.25) is 4.79 Å². The van der Waals surface area contributed by atoms with Gasteiger partial charge in [0.25, 0.3) is 5.91 Å². The summed E-state index contributed by atoms with van der Waals surface area (Å²) >= 11 is 1.36. The number of amides is 1. The molecule has 0 saturated heterocycles. The fourth-order valence-electron chi connectivity index (χ4n) is 2.06. The van der Waals surface area contributed by atoms with Crippen molar-refractivity contribution >= 4 is 28.2 Å². The fraction of sp³-hybridized carbons (Fsp3) is 0.538. The molecular formula is C13H17NO4S. The Morgan fingerprint density at radius 1 is 1.37 bits per heavy atom. The third-order valence-corrected chi connectivity index (χ3v) is 4.63. The highest BCUT2D eigenvalue weighted by molar-refractivity contribution is 7.17. The summed E-state index contributed by atoms with van der Waals surface area (Å²) in [7, 11) is 1.45. The van der Waals surface area contributed by atoms with Crippen LogP contribution in [0.25, 0.3) is 0 Å². The van der Waals surface area contributed by atoms with Crippen LogP contribution in [0.2, 0.25) is 0 Å². The van der Waals surface area contributed by atoms with Crippen LogP contribution in [0.4, 0.5) is 5.00 Å². The van der Waals surface area contributed by atoms with Crippen molar-refractivity contribution in [3.05, 3.63) is 16.0 Å². The van der Waals surface area contributed by atoms with Crippen molar-refractivity contribution in [3.8, 4) is 0 Å². The lowest BCUT2D eigenvalue weighted by atomic mass is 10.1. The summed E-state index contributed by atoms with van der Waals surface area (Å²) in [6.45, 7) is 3.29. The van der Waals surface area contributed by atoms with Gasteiger partial charge in [0.05, 0.1) is 5.56 Å². The highest BCUT2D eigenvalue weighted by Crippen LogP contribution is 2.39. The Morgan fingerprint density at radius 2 is 2.05 bits per heavy atom. The van der Waals surface area contributed by atoms with E-state index in [9.17, 15) is 14.7 Å². The first-order valence-corrected chi connectivity index (χ1v) is 6.93. The fourth-order valence-corrected chi connectivity index (χ4v) is 3.34. The van der Waals surface area contributed by atoms with Gasteiger partial charge in [-0.25, -0.2) is 4.79 Å². The second kappa shape index (κ2) is 4.94. The Balaban J connectivity index is 2.32. The van der Waals surface area contributed by atoms with Gasteiger partial charge in [-0.2, -0.15) is 0 Å². The molecule has 0 aromatic carbocycles. The maximum absolute atomic E-state index is 12.0. The van der Waals surface area contributed by atoms with Gasteiger partial charge in [0.15, 0.2) is 0 Å². The minimum absolute atomic E-state index is 0.248. The van der Waals surface area contributed by atoms with Gasteiger partial charge in [-0.1, -0.05) is 0 Å². The number of fused-ring (bicyclic) bond motifs is 1. The van der Waals surface area contributed by atoms with E-state index >= 15 is 0 Å². The highest BCUT2D eigenvalue weighted by atomic mass is 32.1. The summed E-state index contributed by atoms with van der Waals surface area (Å²) < 4.78 is 5.09. The molecule has 1 aliphatic carbocycles. The molecule has 19 heavy (non-hydrogen) atoms. The predicted molar refractivity (Wildman–Crippen MR) is 73.0 cm³/mol. The van der Waals surface area contributed by atoms with Gasteiger partial charge in [-0.15, -0.1) is 11.3 Å². The largest absolute Gasteiger partial charge is 0.478 e. The molecular weight excluding hydrogens is 266 g/mol. The number of rotatable bonds is 4. The van der Waals surface area contributed by atoms with Crippen molar-refractivity contribution in [1.82, 2.24) is 0 Å². The number of thiophene rings is 1. The second-order valence-corrected chi connectivity index (χ2v) is 6.14. The number of carbonyl (C=O) groups is 2. The third-order valence-electron chi connectivity index (χ3n) is 3.42. The molecule has 1 aromatic rings. The average molecular weight is 283 g/mol. The van der Waals surface area contributed by atoms with Crippen LogP contribution in [-0.2, 0) is 22.4 Å². The number of nitrogens with one attached hydrogen (secondary N) is 1. The van der Waals surface area contributed by atoms with Crippen LogP contribution in [0.5, 0.6) is 0 Å². The van der Waals surface area contributed by atoms with Gasteiger partial charge in [0, 0.05) is 12.0 Å². The molecule has 0 radical (unpaired) electrons. The summed E-state index contributed by atoms with van der Waals surface area (Å²) in [5.74, 6) is -1.32. The van der Waals surface area contributed by atoms with E-state index in [4.69, 9.17) is 4.74 Å². The van der Waals surface area contributed by atoms with E-state index < -0.39 is 11.6 Å². The van der Waals surface area contributed by atoms with Crippen molar-refractivity contribution in [1.29, 1.82) is 0 Å². The van der Waals surface area contributed by atoms with Crippen LogP contribution in [0.15, 0.2) is 0 Å². The lowest BCUT2D eigenvalue weighted by molar-refractivity contribution is -0.133. The van der Waals surface area contributed by atoms with Crippen molar-refractivity contribution in [2.45, 2.75) is 38.7 Å². The minimum atomic E-state index is -0.982. The van der Waals surface area contributed by atoms with Crippen LogP contribution in [0.1, 0.15) is 41.1 Å². The Labute approximate surface area is 115 Å². The van der Waals surface area contributed by atoms with Crippen molar-refractivity contribution < 1.29 is 19.4 Å². The molecule has 5 nitrogen and oxygen atoms in total. The van der Waals surface area contributed by atoms with E-state index in [-0.39, 0.29) is 11.5 Å². The van der Waals surface area contributed by atoms with Crippen LogP contribution >= 0.6 is 11.3 Å². The molecule has 0 spiro atoms. The molecule has 0 atom stereocenters. The molecule has 0 unspecified atom stereocenters. The maximum Gasteiger partial charge on any atom is 0.339 e. The zero-order valence-corrected chi connectivity index (χ0v) is 12.0. The molecule has 2 N–H and O–H groups in total. The van der Waals surface area contributed by atoms with Gasteiger partial charge >= 0.3 is 5.97 Å². The summed E-state index contributed by atoms with van der Waals surface area (Å²) in [6, 6.07) is 0. The van der Waals surface area contributed by atoms with E-state index in [1.165, 1.54) is 18.4 Å². The van der Waals surface area contributed by atoms with Gasteiger partial charge < -0.3 is 15.2 Å². The quantitative estimate of drug-likeness (QED) is 0.889. The SMILES string of the molecule is COC(C)(C)C(=O)Nc1sc2c(c1C(=O)O)CCC2. The Morgan fingerprint density at radius 3 is 2.63 bits per heavy atom. The van der Waals surface area contributed by atoms with Crippen LogP contribution < -0.4 is 5.32 Å². The first-order valence-electron chi connectivity index (χ1n) is 6.11. The van der Waals surface area contributed by atoms with Crippen LogP contribution in [0.3, 0.4) is 0 Å². The first-order chi connectivity index (χ1) is 8.86. The molecule has 104 valence electrons. The first kappa shape index (κ1) is 14.0. The minimum Gasteiger partial charge on any atom is -0.478 e. The molecule has 1 aromatic heterocycles. The number of methoxy groups -OCH3 is 1. The lowest BCUT2D eigenvalue weighted by Crippen LogP contribution is -2.38. The van der Waals surface area contributed by atoms with Gasteiger partial charge in [-0.05, 0) is 38.7 Å². The Hall–Kier alpha value is -1.40. The number of hydrogen-bond acceptors (Lipinski definition) is 4. The predicted octanol–water partition coefficient (Wildman–Crippen LogP) is 2.30. The summed E-state index contributed by atoms with van der Waals surface area (Å²) in [6.07, 6.45) is 2.65. The average Bonchev–Trinajstić information content (AvgIpc) is 2.87. The zero-order valence-electron chi connectivity index (χ0n) is 11.2. The molecule has 6 heteroatoms. The van der Waals surface area contributed by atoms with Gasteiger partial charge in [0.1, 0.15) is 10.6 Å². The maximum atomic E-state index is 12.0. The summed E-state index contributed by atoms with van der Waals surface area (Å²) in [4.78, 5) is 24.5. The monoisotopic (exact) mass is 283 g/mol. The molecule has 0 bridgehead atoms. The van der Waals surface area contributed by atoms with E-state index in [2.05, 4.69) is 5.32 Å². The molecule has 0 aliphatic heterocycles. The number of hydrogen-bond donors (Lipinski definition) is 2. The number of carbonyl (C=O) groups excluding carboxylic acids is 1. The third kappa shape index (κ3) is 2.50. The summed E-state index contributed by atoms with van der Waals surface area (Å²) in [5.41, 5.74) is 0.144. The lowest BCUT2D eigenvalue weighted by Gasteiger charge is -2.21. The number of carboxylic acid groups (broad SMARTS) is 1. The molecule has 1 heterocycles. The molecule has 0 fully saturated rings. The van der Waals surface area contributed by atoms with Crippen molar-refractivity contribution in [2.75, 3.05) is 12.4 Å². The van der Waals surface area contributed by atoms with E-state index in [1.54, 1.807) is 13.8 Å². The van der Waals surface area contributed by atoms with Crippen LogP contribution in [-0.4, -0.2) is 29.7 Å². The number of anilines is 1. The zero-order chi connectivity index (χ0) is 14.2. The number of aromatic carboxylic acids is 1. The second-order valence-electron chi connectivity index (χ2n) is 5.04. The molecule has 2 rings (SSSR count).